The van der Waals surface area contributed by atoms with Crippen molar-refractivity contribution < 1.29 is 19.1 Å². The van der Waals surface area contributed by atoms with Gasteiger partial charge in [0, 0.05) is 22.5 Å². The van der Waals surface area contributed by atoms with E-state index in [1.165, 1.54) is 0 Å². The number of fused-ring (bicyclic) bond motifs is 1. The van der Waals surface area contributed by atoms with Gasteiger partial charge in [0.25, 0.3) is 11.8 Å². The second-order valence-corrected chi connectivity index (χ2v) is 7.87. The van der Waals surface area contributed by atoms with E-state index in [9.17, 15) is 19.2 Å². The minimum absolute atomic E-state index is 0.0528. The molecule has 30 heavy (non-hydrogen) atoms. The Hall–Kier alpha value is -3.74. The molecule has 0 unspecified atom stereocenters. The first-order valence-corrected chi connectivity index (χ1v) is 9.39. The number of amides is 2. The van der Waals surface area contributed by atoms with Crippen molar-refractivity contribution in [2.24, 2.45) is 0 Å². The Balaban J connectivity index is 1.59. The molecule has 2 N–H and O–H groups in total. The molecule has 1 aromatic heterocycles. The highest BCUT2D eigenvalue weighted by molar-refractivity contribution is 6.05. The van der Waals surface area contributed by atoms with E-state index in [1.807, 2.05) is 12.1 Å². The number of esters is 1. The molecule has 0 aliphatic carbocycles. The van der Waals surface area contributed by atoms with Crippen molar-refractivity contribution in [2.45, 2.75) is 26.2 Å². The Morgan fingerprint density at radius 1 is 1.00 bits per heavy atom. The molecule has 2 aromatic carbocycles. The number of para-hydroxylation sites is 1. The van der Waals surface area contributed by atoms with E-state index >= 15 is 0 Å². The van der Waals surface area contributed by atoms with E-state index < -0.39 is 24.4 Å². The molecule has 7 heteroatoms. The van der Waals surface area contributed by atoms with Crippen LogP contribution in [0.3, 0.4) is 0 Å². The molecular weight excluding hydrogens is 384 g/mol. The zero-order chi connectivity index (χ0) is 21.9. The molecule has 0 bridgehead atoms. The first-order valence-electron chi connectivity index (χ1n) is 9.39. The molecule has 0 saturated carbocycles. The van der Waals surface area contributed by atoms with E-state index in [2.05, 4.69) is 31.1 Å². The van der Waals surface area contributed by atoms with Crippen LogP contribution in [0.5, 0.6) is 0 Å². The van der Waals surface area contributed by atoms with Crippen molar-refractivity contribution >= 4 is 28.7 Å². The lowest BCUT2D eigenvalue weighted by Gasteiger charge is -2.18. The molecule has 0 aliphatic heterocycles. The van der Waals surface area contributed by atoms with Gasteiger partial charge in [-0.3, -0.25) is 19.7 Å². The number of rotatable bonds is 4. The molecule has 0 radical (unpaired) electrons. The number of benzene rings is 2. The second-order valence-electron chi connectivity index (χ2n) is 7.87. The van der Waals surface area contributed by atoms with Crippen LogP contribution in [0, 0.1) is 0 Å². The number of imide groups is 1. The summed E-state index contributed by atoms with van der Waals surface area (Å²) >= 11 is 0. The molecule has 1 heterocycles. The predicted octanol–water partition coefficient (Wildman–Crippen LogP) is 2.94. The third-order valence-corrected chi connectivity index (χ3v) is 4.56. The number of hydrogen-bond donors (Lipinski definition) is 2. The molecule has 3 aromatic rings. The molecule has 2 amide bonds. The normalized spacial score (nSPS) is 11.2. The fraction of sp³-hybridized carbons (Fsp3) is 0.217. The first-order chi connectivity index (χ1) is 14.1. The Kier molecular flexibility index (Phi) is 5.82. The topological polar surface area (TPSA) is 105 Å². The number of pyridine rings is 1. The largest absolute Gasteiger partial charge is 0.451 e. The van der Waals surface area contributed by atoms with Crippen LogP contribution < -0.4 is 10.7 Å². The predicted molar refractivity (Wildman–Crippen MR) is 112 cm³/mol. The maximum absolute atomic E-state index is 12.2. The second kappa shape index (κ2) is 8.32. The number of hydrogen-bond acceptors (Lipinski definition) is 5. The van der Waals surface area contributed by atoms with Gasteiger partial charge >= 0.3 is 5.97 Å². The van der Waals surface area contributed by atoms with E-state index in [0.29, 0.717) is 16.5 Å². The first kappa shape index (κ1) is 21.0. The summed E-state index contributed by atoms with van der Waals surface area (Å²) in [6.07, 6.45) is 0. The van der Waals surface area contributed by atoms with Gasteiger partial charge < -0.3 is 9.72 Å². The molecule has 0 spiro atoms. The standard InChI is InChI=1S/C23H22N2O5/c1-23(2,3)15-10-8-14(9-11-15)21(28)25-20(27)13-30-22(29)18-12-19(26)16-6-4-5-7-17(16)24-18/h4-12H,13H2,1-3H3,(H,24,26)(H,25,27,28). The van der Waals surface area contributed by atoms with Crippen molar-refractivity contribution in [3.8, 4) is 0 Å². The molecule has 0 fully saturated rings. The number of carbonyl (C=O) groups excluding carboxylic acids is 3. The maximum Gasteiger partial charge on any atom is 0.355 e. The third-order valence-electron chi connectivity index (χ3n) is 4.56. The number of ether oxygens (including phenoxy) is 1. The summed E-state index contributed by atoms with van der Waals surface area (Å²) in [4.78, 5) is 51.2. The quantitative estimate of drug-likeness (QED) is 0.648. The van der Waals surface area contributed by atoms with E-state index in [0.717, 1.165) is 11.6 Å². The van der Waals surface area contributed by atoms with Crippen LogP contribution in [-0.2, 0) is 14.9 Å². The summed E-state index contributed by atoms with van der Waals surface area (Å²) in [5.74, 6) is -2.22. The number of H-pyrrole nitrogens is 1. The van der Waals surface area contributed by atoms with Crippen molar-refractivity contribution in [1.82, 2.24) is 10.3 Å². The van der Waals surface area contributed by atoms with Crippen LogP contribution in [0.2, 0.25) is 0 Å². The Bertz CT molecular complexity index is 1170. The highest BCUT2D eigenvalue weighted by Gasteiger charge is 2.17. The molecule has 0 aliphatic rings. The van der Waals surface area contributed by atoms with E-state index in [1.54, 1.807) is 36.4 Å². The van der Waals surface area contributed by atoms with Crippen LogP contribution >= 0.6 is 0 Å². The summed E-state index contributed by atoms with van der Waals surface area (Å²) < 4.78 is 4.92. The summed E-state index contributed by atoms with van der Waals surface area (Å²) in [5, 5.41) is 2.61. The van der Waals surface area contributed by atoms with E-state index in [-0.39, 0.29) is 16.5 Å². The molecule has 0 atom stereocenters. The van der Waals surface area contributed by atoms with Gasteiger partial charge in [-0.2, -0.15) is 0 Å². The highest BCUT2D eigenvalue weighted by Crippen LogP contribution is 2.22. The number of aromatic nitrogens is 1. The van der Waals surface area contributed by atoms with Crippen LogP contribution in [-0.4, -0.2) is 29.4 Å². The third kappa shape index (κ3) is 4.81. The van der Waals surface area contributed by atoms with Crippen LogP contribution in [0.1, 0.15) is 47.2 Å². The van der Waals surface area contributed by atoms with Gasteiger partial charge in [-0.05, 0) is 35.2 Å². The van der Waals surface area contributed by atoms with Crippen LogP contribution in [0.25, 0.3) is 10.9 Å². The maximum atomic E-state index is 12.2. The van der Waals surface area contributed by atoms with Crippen molar-refractivity contribution in [3.05, 3.63) is 81.6 Å². The van der Waals surface area contributed by atoms with Gasteiger partial charge in [0.1, 0.15) is 5.69 Å². The molecule has 7 nitrogen and oxygen atoms in total. The fourth-order valence-electron chi connectivity index (χ4n) is 2.87. The Morgan fingerprint density at radius 3 is 2.33 bits per heavy atom. The number of nitrogens with one attached hydrogen (secondary N) is 2. The zero-order valence-corrected chi connectivity index (χ0v) is 16.9. The van der Waals surface area contributed by atoms with Crippen LogP contribution in [0.4, 0.5) is 0 Å². The summed E-state index contributed by atoms with van der Waals surface area (Å²) in [6.45, 7) is 5.52. The van der Waals surface area contributed by atoms with Gasteiger partial charge in [0.15, 0.2) is 12.0 Å². The average molecular weight is 406 g/mol. The molecule has 3 rings (SSSR count). The van der Waals surface area contributed by atoms with Crippen molar-refractivity contribution in [1.29, 1.82) is 0 Å². The molecule has 154 valence electrons. The highest BCUT2D eigenvalue weighted by atomic mass is 16.5. The fourth-order valence-corrected chi connectivity index (χ4v) is 2.87. The molecule has 0 saturated heterocycles. The minimum Gasteiger partial charge on any atom is -0.451 e. The number of aromatic amines is 1. The average Bonchev–Trinajstić information content (AvgIpc) is 2.71. The lowest BCUT2D eigenvalue weighted by Crippen LogP contribution is -2.34. The lowest BCUT2D eigenvalue weighted by atomic mass is 9.87. The van der Waals surface area contributed by atoms with Gasteiger partial charge in [-0.15, -0.1) is 0 Å². The van der Waals surface area contributed by atoms with E-state index in [4.69, 9.17) is 4.74 Å². The monoisotopic (exact) mass is 406 g/mol. The zero-order valence-electron chi connectivity index (χ0n) is 16.9. The SMILES string of the molecule is CC(C)(C)c1ccc(C(=O)NC(=O)COC(=O)c2cc(=O)c3ccccc3[nH]2)cc1. The van der Waals surface area contributed by atoms with Gasteiger partial charge in [0.2, 0.25) is 0 Å². The lowest BCUT2D eigenvalue weighted by molar-refractivity contribution is -0.123. The minimum atomic E-state index is -0.866. The van der Waals surface area contributed by atoms with Gasteiger partial charge in [-0.25, -0.2) is 4.79 Å². The van der Waals surface area contributed by atoms with Gasteiger partial charge in [0.05, 0.1) is 0 Å². The summed E-state index contributed by atoms with van der Waals surface area (Å²) in [7, 11) is 0. The Morgan fingerprint density at radius 2 is 1.67 bits per heavy atom. The Labute approximate surface area is 173 Å². The van der Waals surface area contributed by atoms with Gasteiger partial charge in [-0.1, -0.05) is 45.0 Å². The molecular formula is C23H22N2O5. The number of carbonyl (C=O) groups is 3. The van der Waals surface area contributed by atoms with Crippen molar-refractivity contribution in [2.75, 3.05) is 6.61 Å². The summed E-state index contributed by atoms with van der Waals surface area (Å²) in [5.41, 5.74) is 1.40. The smallest absolute Gasteiger partial charge is 0.355 e. The van der Waals surface area contributed by atoms with Crippen LogP contribution in [0.15, 0.2) is 59.4 Å². The van der Waals surface area contributed by atoms with Crippen molar-refractivity contribution in [3.63, 3.8) is 0 Å². The summed E-state index contributed by atoms with van der Waals surface area (Å²) in [6, 6.07) is 14.8.